The Bertz CT molecular complexity index is 2600. The van der Waals surface area contributed by atoms with Gasteiger partial charge in [0.1, 0.15) is 0 Å². The van der Waals surface area contributed by atoms with Crippen molar-refractivity contribution in [1.29, 1.82) is 0 Å². The third-order valence-corrected chi connectivity index (χ3v) is 9.84. The molecule has 51 heavy (non-hydrogen) atoms. The second-order valence-corrected chi connectivity index (χ2v) is 12.8. The molecule has 9 aromatic rings. The topological polar surface area (TPSA) is 47.1 Å². The number of rotatable bonds is 7. The molecule has 0 amide bonds. The Morgan fingerprint density at radius 3 is 1.80 bits per heavy atom. The number of benzene rings is 7. The van der Waals surface area contributed by atoms with Crippen LogP contribution in [0.1, 0.15) is 11.1 Å². The summed E-state index contributed by atoms with van der Waals surface area (Å²) in [6.45, 7) is 4.45. The molecular formula is C46H34N4O. The molecule has 0 saturated heterocycles. The van der Waals surface area contributed by atoms with Gasteiger partial charge in [-0.15, -0.1) is 0 Å². The van der Waals surface area contributed by atoms with Crippen molar-refractivity contribution < 1.29 is 4.52 Å². The second kappa shape index (κ2) is 12.6. The molecule has 5 nitrogen and oxygen atoms in total. The predicted molar refractivity (Wildman–Crippen MR) is 209 cm³/mol. The Morgan fingerprint density at radius 1 is 0.490 bits per heavy atom. The van der Waals surface area contributed by atoms with E-state index in [0.717, 1.165) is 33.8 Å². The molecule has 0 aliphatic rings. The van der Waals surface area contributed by atoms with Crippen molar-refractivity contribution in [2.45, 2.75) is 13.8 Å². The maximum atomic E-state index is 5.62. The van der Waals surface area contributed by atoms with Crippen LogP contribution in [0.2, 0.25) is 0 Å². The van der Waals surface area contributed by atoms with Crippen LogP contribution >= 0.6 is 0 Å². The van der Waals surface area contributed by atoms with E-state index in [1.807, 2.05) is 30.3 Å². The van der Waals surface area contributed by atoms with Crippen molar-refractivity contribution in [1.82, 2.24) is 14.7 Å². The van der Waals surface area contributed by atoms with E-state index in [-0.39, 0.29) is 0 Å². The lowest BCUT2D eigenvalue weighted by atomic mass is 9.95. The van der Waals surface area contributed by atoms with E-state index in [9.17, 15) is 0 Å². The first-order valence-electron chi connectivity index (χ1n) is 17.2. The molecule has 0 N–H and O–H groups in total. The van der Waals surface area contributed by atoms with Gasteiger partial charge in [-0.25, -0.2) is 0 Å². The fraction of sp³-hybridized carbons (Fsp3) is 0.0435. The number of para-hydroxylation sites is 3. The van der Waals surface area contributed by atoms with E-state index in [2.05, 4.69) is 173 Å². The zero-order valence-electron chi connectivity index (χ0n) is 28.4. The summed E-state index contributed by atoms with van der Waals surface area (Å²) in [5.74, 6) is 1.09. The highest BCUT2D eigenvalue weighted by Crippen LogP contribution is 2.41. The van der Waals surface area contributed by atoms with E-state index < -0.39 is 0 Å². The van der Waals surface area contributed by atoms with Crippen LogP contribution in [-0.4, -0.2) is 14.7 Å². The maximum Gasteiger partial charge on any atom is 0.258 e. The summed E-state index contributed by atoms with van der Waals surface area (Å²) in [6, 6.07) is 59.5. The van der Waals surface area contributed by atoms with Crippen LogP contribution in [0.5, 0.6) is 0 Å². The lowest BCUT2D eigenvalue weighted by Crippen LogP contribution is -2.09. The molecule has 244 valence electrons. The smallest absolute Gasteiger partial charge is 0.258 e. The molecule has 7 aromatic carbocycles. The normalized spacial score (nSPS) is 11.3. The molecule has 0 saturated carbocycles. The standard InChI is InChI=1S/C46H34N4O/c1-31-32(2)42(29-27-39(31)33-22-24-35(25-23-33)46-47-45(48-51-46)34-14-6-3-7-15-34)50-43-21-13-12-20-40(43)41-30-38(26-28-44(41)50)49(36-16-8-4-9-17-36)37-18-10-5-11-19-37/h3-30H,1-2H3. The molecule has 0 bridgehead atoms. The number of nitrogens with zero attached hydrogens (tertiary/aromatic N) is 4. The first kappa shape index (κ1) is 30.3. The van der Waals surface area contributed by atoms with E-state index in [1.54, 1.807) is 0 Å². The summed E-state index contributed by atoms with van der Waals surface area (Å²) >= 11 is 0. The van der Waals surface area contributed by atoms with E-state index in [1.165, 1.54) is 44.2 Å². The largest absolute Gasteiger partial charge is 0.334 e. The number of hydrogen-bond donors (Lipinski definition) is 0. The molecule has 0 aliphatic heterocycles. The minimum atomic E-state index is 0.508. The molecule has 2 aromatic heterocycles. The fourth-order valence-corrected chi connectivity index (χ4v) is 7.16. The molecule has 2 heterocycles. The average Bonchev–Trinajstić information content (AvgIpc) is 3.81. The Kier molecular flexibility index (Phi) is 7.51. The van der Waals surface area contributed by atoms with Crippen LogP contribution in [-0.2, 0) is 0 Å². The van der Waals surface area contributed by atoms with Gasteiger partial charge in [0, 0.05) is 44.6 Å². The SMILES string of the molecule is Cc1c(-c2ccc(-c3nc(-c4ccccc4)no3)cc2)ccc(-n2c3ccccc3c3cc(N(c4ccccc4)c4ccccc4)ccc32)c1C. The van der Waals surface area contributed by atoms with Gasteiger partial charge in [-0.1, -0.05) is 108 Å². The van der Waals surface area contributed by atoms with Gasteiger partial charge in [0.2, 0.25) is 5.82 Å². The van der Waals surface area contributed by atoms with Crippen molar-refractivity contribution >= 4 is 38.9 Å². The van der Waals surface area contributed by atoms with E-state index in [0.29, 0.717) is 11.7 Å². The highest BCUT2D eigenvalue weighted by molar-refractivity contribution is 6.11. The molecule has 0 spiro atoms. The highest BCUT2D eigenvalue weighted by Gasteiger charge is 2.19. The Labute approximate surface area is 296 Å². The summed E-state index contributed by atoms with van der Waals surface area (Å²) in [7, 11) is 0. The lowest BCUT2D eigenvalue weighted by molar-refractivity contribution is 0.432. The quantitative estimate of drug-likeness (QED) is 0.171. The van der Waals surface area contributed by atoms with Gasteiger partial charge >= 0.3 is 0 Å². The van der Waals surface area contributed by atoms with Gasteiger partial charge in [0.15, 0.2) is 0 Å². The average molecular weight is 659 g/mol. The first-order valence-corrected chi connectivity index (χ1v) is 17.2. The summed E-state index contributed by atoms with van der Waals surface area (Å²) in [4.78, 5) is 6.96. The first-order chi connectivity index (χ1) is 25.1. The summed E-state index contributed by atoms with van der Waals surface area (Å²) < 4.78 is 8.04. The summed E-state index contributed by atoms with van der Waals surface area (Å²) in [5, 5.41) is 6.64. The van der Waals surface area contributed by atoms with Crippen LogP contribution in [0.15, 0.2) is 174 Å². The molecule has 5 heteroatoms. The van der Waals surface area contributed by atoms with Gasteiger partial charge in [0.25, 0.3) is 5.89 Å². The zero-order valence-corrected chi connectivity index (χ0v) is 28.4. The summed E-state index contributed by atoms with van der Waals surface area (Å²) in [6.07, 6.45) is 0. The van der Waals surface area contributed by atoms with Gasteiger partial charge in [-0.05, 0) is 103 Å². The van der Waals surface area contributed by atoms with Crippen LogP contribution in [0, 0.1) is 13.8 Å². The second-order valence-electron chi connectivity index (χ2n) is 12.8. The van der Waals surface area contributed by atoms with Crippen molar-refractivity contribution in [3.8, 4) is 39.7 Å². The number of fused-ring (bicyclic) bond motifs is 3. The lowest BCUT2D eigenvalue weighted by Gasteiger charge is -2.25. The minimum Gasteiger partial charge on any atom is -0.334 e. The molecule has 9 rings (SSSR count). The van der Waals surface area contributed by atoms with Gasteiger partial charge in [-0.2, -0.15) is 4.98 Å². The third kappa shape index (κ3) is 5.36. The Hall–Kier alpha value is -6.72. The molecule has 0 radical (unpaired) electrons. The predicted octanol–water partition coefficient (Wildman–Crippen LogP) is 12.3. The monoisotopic (exact) mass is 658 g/mol. The van der Waals surface area contributed by atoms with Crippen LogP contribution in [0.4, 0.5) is 17.1 Å². The minimum absolute atomic E-state index is 0.508. The maximum absolute atomic E-state index is 5.62. The highest BCUT2D eigenvalue weighted by atomic mass is 16.5. The van der Waals surface area contributed by atoms with Crippen LogP contribution < -0.4 is 4.90 Å². The number of hydrogen-bond acceptors (Lipinski definition) is 4. The van der Waals surface area contributed by atoms with Crippen LogP contribution in [0.3, 0.4) is 0 Å². The van der Waals surface area contributed by atoms with Crippen molar-refractivity contribution in [2.75, 3.05) is 4.90 Å². The zero-order chi connectivity index (χ0) is 34.3. The molecule has 0 unspecified atom stereocenters. The number of aromatic nitrogens is 3. The van der Waals surface area contributed by atoms with Crippen LogP contribution in [0.25, 0.3) is 61.5 Å². The van der Waals surface area contributed by atoms with Crippen molar-refractivity contribution in [2.24, 2.45) is 0 Å². The van der Waals surface area contributed by atoms with Crippen molar-refractivity contribution in [3.63, 3.8) is 0 Å². The molecular weight excluding hydrogens is 625 g/mol. The van der Waals surface area contributed by atoms with Gasteiger partial charge < -0.3 is 14.0 Å². The molecule has 0 fully saturated rings. The Morgan fingerprint density at radius 2 is 1.10 bits per heavy atom. The number of anilines is 3. The van der Waals surface area contributed by atoms with E-state index in [4.69, 9.17) is 4.52 Å². The van der Waals surface area contributed by atoms with Gasteiger partial charge in [0.05, 0.1) is 11.0 Å². The summed E-state index contributed by atoms with van der Waals surface area (Å²) in [5.41, 5.74) is 13.5. The molecule has 0 atom stereocenters. The third-order valence-electron chi connectivity index (χ3n) is 9.84. The van der Waals surface area contributed by atoms with Crippen molar-refractivity contribution in [3.05, 3.63) is 181 Å². The fourth-order valence-electron chi connectivity index (χ4n) is 7.16. The van der Waals surface area contributed by atoms with E-state index >= 15 is 0 Å². The molecule has 0 aliphatic carbocycles. The van der Waals surface area contributed by atoms with Gasteiger partial charge in [-0.3, -0.25) is 0 Å². The Balaban J connectivity index is 1.10.